The number of fused-ring (bicyclic) bond motifs is 16. The molecule has 0 aliphatic heterocycles. The van der Waals surface area contributed by atoms with Gasteiger partial charge < -0.3 is 9.32 Å². The number of nitrogens with zero attached hydrogens (tertiary/aromatic N) is 1. The van der Waals surface area contributed by atoms with Crippen molar-refractivity contribution in [2.45, 2.75) is 12.3 Å². The Morgan fingerprint density at radius 2 is 0.950 bits per heavy atom. The first-order valence-corrected chi connectivity index (χ1v) is 20.8. The van der Waals surface area contributed by atoms with Crippen LogP contribution in [0, 0.1) is 6.92 Å². The maximum atomic E-state index is 7.12. The van der Waals surface area contributed by atoms with Crippen molar-refractivity contribution in [2.75, 3.05) is 4.90 Å². The average molecular weight is 764 g/mol. The van der Waals surface area contributed by atoms with Gasteiger partial charge in [-0.1, -0.05) is 182 Å². The van der Waals surface area contributed by atoms with Gasteiger partial charge in [0.1, 0.15) is 5.58 Å². The summed E-state index contributed by atoms with van der Waals surface area (Å²) in [4.78, 5) is 2.47. The zero-order chi connectivity index (χ0) is 39.5. The first-order valence-electron chi connectivity index (χ1n) is 20.8. The molecule has 0 amide bonds. The van der Waals surface area contributed by atoms with Gasteiger partial charge in [-0.15, -0.1) is 0 Å². The predicted molar refractivity (Wildman–Crippen MR) is 250 cm³/mol. The van der Waals surface area contributed by atoms with Gasteiger partial charge in [-0.2, -0.15) is 0 Å². The third-order valence-electron chi connectivity index (χ3n) is 13.4. The van der Waals surface area contributed by atoms with Crippen molar-refractivity contribution in [3.63, 3.8) is 0 Å². The van der Waals surface area contributed by atoms with E-state index in [0.29, 0.717) is 0 Å². The Hall–Kier alpha value is -7.68. The van der Waals surface area contributed by atoms with E-state index in [0.717, 1.165) is 44.6 Å². The van der Waals surface area contributed by atoms with Crippen molar-refractivity contribution in [2.24, 2.45) is 0 Å². The lowest BCUT2D eigenvalue weighted by molar-refractivity contribution is 0.666. The number of rotatable bonds is 4. The lowest BCUT2D eigenvalue weighted by Gasteiger charge is -2.32. The van der Waals surface area contributed by atoms with E-state index >= 15 is 0 Å². The van der Waals surface area contributed by atoms with Gasteiger partial charge in [-0.3, -0.25) is 0 Å². The van der Waals surface area contributed by atoms with Crippen LogP contribution in [0.3, 0.4) is 0 Å². The molecule has 0 N–H and O–H groups in total. The van der Waals surface area contributed by atoms with E-state index in [1.54, 1.807) is 0 Å². The molecule has 1 aromatic heterocycles. The molecule has 2 nitrogen and oxygen atoms in total. The number of furan rings is 1. The van der Waals surface area contributed by atoms with E-state index in [1.807, 2.05) is 0 Å². The van der Waals surface area contributed by atoms with Gasteiger partial charge in [0.05, 0.1) is 16.8 Å². The van der Waals surface area contributed by atoms with Crippen LogP contribution in [0.1, 0.15) is 27.8 Å². The molecule has 2 heteroatoms. The van der Waals surface area contributed by atoms with Gasteiger partial charge in [-0.05, 0) is 108 Å². The molecular formula is C58H37NO. The fourth-order valence-corrected chi connectivity index (χ4v) is 10.9. The summed E-state index contributed by atoms with van der Waals surface area (Å²) in [6, 6.07) is 76.1. The number of anilines is 3. The third-order valence-corrected chi connectivity index (χ3v) is 13.4. The zero-order valence-corrected chi connectivity index (χ0v) is 33.0. The minimum absolute atomic E-state index is 0.464. The normalized spacial score (nSPS) is 13.2. The Morgan fingerprint density at radius 3 is 1.72 bits per heavy atom. The van der Waals surface area contributed by atoms with Crippen molar-refractivity contribution in [1.82, 2.24) is 0 Å². The lowest BCUT2D eigenvalue weighted by atomic mass is 9.70. The summed E-state index contributed by atoms with van der Waals surface area (Å²) in [7, 11) is 0. The first-order chi connectivity index (χ1) is 29.7. The Labute approximate surface area is 348 Å². The molecule has 1 spiro atoms. The van der Waals surface area contributed by atoms with Crippen LogP contribution in [0.15, 0.2) is 211 Å². The standard InChI is InChI=1S/C58H37NO/c1-36-15-12-25-47-54-43-20-5-3-17-39(43)35-53(57(54)60-56(36)47)59(40-33-31-38(32-34-40)42-24-13-18-37-16-2-4-19-41(37)42)52-30-14-29-51-55(52)46-23-8-11-28-50(46)58(51)48-26-9-6-21-44(48)45-22-7-10-27-49(45)58/h2-35H,1H3. The predicted octanol–water partition coefficient (Wildman–Crippen LogP) is 15.7. The quantitative estimate of drug-likeness (QED) is 0.177. The molecule has 0 atom stereocenters. The molecule has 1 heterocycles. The fourth-order valence-electron chi connectivity index (χ4n) is 10.9. The largest absolute Gasteiger partial charge is 0.454 e. The Morgan fingerprint density at radius 1 is 0.400 bits per heavy atom. The summed E-state index contributed by atoms with van der Waals surface area (Å²) in [5.74, 6) is 0. The second-order valence-electron chi connectivity index (χ2n) is 16.4. The van der Waals surface area contributed by atoms with E-state index in [9.17, 15) is 0 Å². The van der Waals surface area contributed by atoms with Crippen LogP contribution in [0.5, 0.6) is 0 Å². The molecule has 0 radical (unpaired) electrons. The van der Waals surface area contributed by atoms with E-state index < -0.39 is 5.41 Å². The molecule has 10 aromatic carbocycles. The summed E-state index contributed by atoms with van der Waals surface area (Å²) >= 11 is 0. The minimum Gasteiger partial charge on any atom is -0.454 e. The summed E-state index contributed by atoms with van der Waals surface area (Å²) in [5, 5.41) is 7.12. The van der Waals surface area contributed by atoms with Crippen LogP contribution in [0.25, 0.3) is 76.9 Å². The van der Waals surface area contributed by atoms with Gasteiger partial charge in [0.15, 0.2) is 5.58 Å². The van der Waals surface area contributed by atoms with Gasteiger partial charge in [0, 0.05) is 22.0 Å². The van der Waals surface area contributed by atoms with Crippen molar-refractivity contribution in [1.29, 1.82) is 0 Å². The SMILES string of the molecule is Cc1cccc2c1oc1c(N(c3ccc(-c4cccc5ccccc45)cc3)c3cccc4c3-c3ccccc3C43c4ccccc4-c4ccccc43)cc3ccccc3c12. The van der Waals surface area contributed by atoms with Crippen molar-refractivity contribution in [3.05, 3.63) is 234 Å². The van der Waals surface area contributed by atoms with Crippen molar-refractivity contribution in [3.8, 4) is 33.4 Å². The Kier molecular flexibility index (Phi) is 6.89. The first kappa shape index (κ1) is 33.3. The maximum absolute atomic E-state index is 7.12. The molecule has 0 saturated carbocycles. The highest BCUT2D eigenvalue weighted by molar-refractivity contribution is 6.23. The van der Waals surface area contributed by atoms with Crippen LogP contribution < -0.4 is 4.90 Å². The second kappa shape index (κ2) is 12.4. The molecule has 60 heavy (non-hydrogen) atoms. The summed E-state index contributed by atoms with van der Waals surface area (Å²) in [6.07, 6.45) is 0. The van der Waals surface area contributed by atoms with Crippen LogP contribution in [0.2, 0.25) is 0 Å². The highest BCUT2D eigenvalue weighted by atomic mass is 16.3. The van der Waals surface area contributed by atoms with Gasteiger partial charge in [0.2, 0.25) is 0 Å². The zero-order valence-electron chi connectivity index (χ0n) is 33.0. The molecule has 11 aromatic rings. The molecule has 0 saturated heterocycles. The third kappa shape index (κ3) is 4.37. The summed E-state index contributed by atoms with van der Waals surface area (Å²) < 4.78 is 7.12. The molecule has 0 unspecified atom stereocenters. The van der Waals surface area contributed by atoms with Crippen LogP contribution >= 0.6 is 0 Å². The second-order valence-corrected chi connectivity index (χ2v) is 16.4. The van der Waals surface area contributed by atoms with Crippen LogP contribution in [-0.2, 0) is 5.41 Å². The minimum atomic E-state index is -0.464. The van der Waals surface area contributed by atoms with E-state index in [1.165, 1.54) is 77.2 Å². The van der Waals surface area contributed by atoms with E-state index in [2.05, 4.69) is 218 Å². The van der Waals surface area contributed by atoms with Crippen LogP contribution in [-0.4, -0.2) is 0 Å². The molecule has 280 valence electrons. The number of benzene rings is 10. The number of hydrogen-bond donors (Lipinski definition) is 0. The topological polar surface area (TPSA) is 16.4 Å². The highest BCUT2D eigenvalue weighted by Crippen LogP contribution is 2.65. The van der Waals surface area contributed by atoms with E-state index in [4.69, 9.17) is 4.42 Å². The Bertz CT molecular complexity index is 3520. The highest BCUT2D eigenvalue weighted by Gasteiger charge is 2.52. The average Bonchev–Trinajstić information content (AvgIpc) is 3.95. The molecule has 13 rings (SSSR count). The van der Waals surface area contributed by atoms with Crippen molar-refractivity contribution < 1.29 is 4.42 Å². The summed E-state index contributed by atoms with van der Waals surface area (Å²) in [5.41, 5.74) is 18.5. The van der Waals surface area contributed by atoms with E-state index in [-0.39, 0.29) is 0 Å². The number of para-hydroxylation sites is 1. The molecule has 0 fully saturated rings. The fraction of sp³-hybridized carbons (Fsp3) is 0.0345. The smallest absolute Gasteiger partial charge is 0.160 e. The Balaban J connectivity index is 1.13. The maximum Gasteiger partial charge on any atom is 0.160 e. The number of aryl methyl sites for hydroxylation is 1. The molecule has 0 bridgehead atoms. The van der Waals surface area contributed by atoms with Gasteiger partial charge in [-0.25, -0.2) is 0 Å². The number of hydrogen-bond acceptors (Lipinski definition) is 2. The molecular weight excluding hydrogens is 727 g/mol. The van der Waals surface area contributed by atoms with Gasteiger partial charge >= 0.3 is 0 Å². The van der Waals surface area contributed by atoms with Gasteiger partial charge in [0.25, 0.3) is 0 Å². The monoisotopic (exact) mass is 763 g/mol. The lowest BCUT2D eigenvalue weighted by Crippen LogP contribution is -2.26. The molecule has 2 aliphatic rings. The van der Waals surface area contributed by atoms with Crippen molar-refractivity contribution >= 4 is 60.5 Å². The molecule has 2 aliphatic carbocycles. The van der Waals surface area contributed by atoms with Crippen LogP contribution in [0.4, 0.5) is 17.1 Å². The summed E-state index contributed by atoms with van der Waals surface area (Å²) in [6.45, 7) is 2.15.